The van der Waals surface area contributed by atoms with Crippen LogP contribution in [0.3, 0.4) is 0 Å². The first-order valence-corrected chi connectivity index (χ1v) is 13.4. The fourth-order valence-corrected chi connectivity index (χ4v) is 6.66. The molecular formula is C32H40O4. The molecule has 0 amide bonds. The molecule has 1 saturated heterocycles. The maximum absolute atomic E-state index is 13.5. The molecule has 3 aliphatic rings. The van der Waals surface area contributed by atoms with E-state index in [4.69, 9.17) is 4.74 Å². The molecule has 4 nitrogen and oxygen atoms in total. The largest absolute Gasteiger partial charge is 0.390 e. The van der Waals surface area contributed by atoms with Gasteiger partial charge in [0, 0.05) is 37.0 Å². The molecule has 0 unspecified atom stereocenters. The van der Waals surface area contributed by atoms with Gasteiger partial charge in [-0.3, -0.25) is 9.59 Å². The number of rotatable bonds is 2. The van der Waals surface area contributed by atoms with Gasteiger partial charge in [0.15, 0.2) is 0 Å². The summed E-state index contributed by atoms with van der Waals surface area (Å²) in [6.45, 7) is 13.1. The number of benzene rings is 2. The van der Waals surface area contributed by atoms with Crippen molar-refractivity contribution in [1.29, 1.82) is 0 Å². The molecule has 2 aromatic rings. The van der Waals surface area contributed by atoms with Crippen LogP contribution < -0.4 is 0 Å². The number of fused-ring (bicyclic) bond motifs is 3. The number of carbonyl (C=O) groups excluding carboxylic acids is 2. The van der Waals surface area contributed by atoms with Crippen LogP contribution in [-0.2, 0) is 25.2 Å². The van der Waals surface area contributed by atoms with Gasteiger partial charge >= 0.3 is 0 Å². The highest BCUT2D eigenvalue weighted by atomic mass is 16.5. The van der Waals surface area contributed by atoms with E-state index in [1.54, 1.807) is 0 Å². The topological polar surface area (TPSA) is 63.6 Å². The summed E-state index contributed by atoms with van der Waals surface area (Å²) < 4.78 is 6.57. The van der Waals surface area contributed by atoms with Crippen LogP contribution >= 0.6 is 0 Å². The zero-order chi connectivity index (χ0) is 26.0. The lowest BCUT2D eigenvalue weighted by Gasteiger charge is -2.37. The third kappa shape index (κ3) is 4.48. The van der Waals surface area contributed by atoms with Gasteiger partial charge in [-0.05, 0) is 33.1 Å². The smallest absolute Gasteiger partial charge is 0.139 e. The van der Waals surface area contributed by atoms with Crippen LogP contribution in [0, 0.1) is 11.8 Å². The Morgan fingerprint density at radius 2 is 1.19 bits per heavy atom. The SMILES string of the molecule is CC(C)(C)c1ccc([C@@H]2CC(=O)[C@H]3[C@@H]4CC(=O)C[C@@H](c5ccc(C(C)(C)C)cc5)[C@@H]4O[C@H]3[C@H]2O)cc1. The minimum absolute atomic E-state index is 0.0432. The van der Waals surface area contributed by atoms with Gasteiger partial charge < -0.3 is 9.84 Å². The first-order valence-electron chi connectivity index (χ1n) is 13.4. The van der Waals surface area contributed by atoms with Crippen LogP contribution in [0.5, 0.6) is 0 Å². The number of Topliss-reactive ketones (excluding diaryl/α,β-unsaturated/α-hetero) is 2. The second-order valence-electron chi connectivity index (χ2n) is 13.3. The molecule has 36 heavy (non-hydrogen) atoms. The Hall–Kier alpha value is -2.30. The molecule has 0 radical (unpaired) electrons. The van der Waals surface area contributed by atoms with E-state index >= 15 is 0 Å². The van der Waals surface area contributed by atoms with E-state index < -0.39 is 18.1 Å². The number of ether oxygens (including phenoxy) is 1. The maximum atomic E-state index is 13.5. The van der Waals surface area contributed by atoms with Crippen LogP contribution in [0.25, 0.3) is 0 Å². The lowest BCUT2D eigenvalue weighted by atomic mass is 9.65. The second-order valence-corrected chi connectivity index (χ2v) is 13.3. The van der Waals surface area contributed by atoms with Crippen LogP contribution in [0.4, 0.5) is 0 Å². The molecule has 0 bridgehead atoms. The Balaban J connectivity index is 1.41. The lowest BCUT2D eigenvalue weighted by molar-refractivity contribution is -0.137. The summed E-state index contributed by atoms with van der Waals surface area (Å²) in [5.41, 5.74) is 4.63. The van der Waals surface area contributed by atoms with Crippen LogP contribution in [0.15, 0.2) is 48.5 Å². The maximum Gasteiger partial charge on any atom is 0.139 e. The van der Waals surface area contributed by atoms with Crippen molar-refractivity contribution in [3.8, 4) is 0 Å². The van der Waals surface area contributed by atoms with Gasteiger partial charge in [-0.1, -0.05) is 90.1 Å². The van der Waals surface area contributed by atoms with Crippen molar-refractivity contribution in [3.05, 3.63) is 70.8 Å². The van der Waals surface area contributed by atoms with Gasteiger partial charge in [0.25, 0.3) is 0 Å². The zero-order valence-electron chi connectivity index (χ0n) is 22.5. The third-order valence-electron chi connectivity index (χ3n) is 8.81. The standard InChI is InChI=1S/C32H40O4/c1-31(2,3)20-11-7-18(8-12-20)23-17-26(34)27-25-16-22(33)15-24(29(25)36-30(27)28(23)35)19-9-13-21(14-10-19)32(4,5)6/h7-14,23-25,27-30,35H,15-17H2,1-6H3/t23-,24-,25-,27+,28-,29-,30+/m0/s1. The van der Waals surface area contributed by atoms with Crippen molar-refractivity contribution >= 4 is 11.6 Å². The number of aliphatic hydroxyl groups excluding tert-OH is 1. The van der Waals surface area contributed by atoms with Crippen molar-refractivity contribution in [2.45, 2.75) is 102 Å². The molecule has 1 N–H and O–H groups in total. The molecule has 192 valence electrons. The molecule has 0 aromatic heterocycles. The minimum atomic E-state index is -0.766. The van der Waals surface area contributed by atoms with Crippen LogP contribution in [-0.4, -0.2) is 35.0 Å². The van der Waals surface area contributed by atoms with E-state index in [9.17, 15) is 14.7 Å². The molecule has 7 atom stereocenters. The van der Waals surface area contributed by atoms with Gasteiger partial charge in [-0.25, -0.2) is 0 Å². The summed E-state index contributed by atoms with van der Waals surface area (Å²) in [6, 6.07) is 16.8. The Bertz CT molecular complexity index is 1130. The predicted molar refractivity (Wildman–Crippen MR) is 141 cm³/mol. The number of ketones is 2. The summed E-state index contributed by atoms with van der Waals surface area (Å²) in [5.74, 6) is -0.619. The third-order valence-corrected chi connectivity index (χ3v) is 8.81. The van der Waals surface area contributed by atoms with E-state index in [-0.39, 0.29) is 46.3 Å². The van der Waals surface area contributed by atoms with Gasteiger partial charge in [-0.15, -0.1) is 0 Å². The van der Waals surface area contributed by atoms with E-state index in [1.165, 1.54) is 11.1 Å². The highest BCUT2D eigenvalue weighted by Gasteiger charge is 2.58. The van der Waals surface area contributed by atoms with Crippen LogP contribution in [0.2, 0.25) is 0 Å². The average molecular weight is 489 g/mol. The monoisotopic (exact) mass is 488 g/mol. The Morgan fingerprint density at radius 1 is 0.694 bits per heavy atom. The molecule has 3 fully saturated rings. The number of carbonyl (C=O) groups is 2. The minimum Gasteiger partial charge on any atom is -0.390 e. The summed E-state index contributed by atoms with van der Waals surface area (Å²) in [7, 11) is 0. The summed E-state index contributed by atoms with van der Waals surface area (Å²) in [5, 5.41) is 11.5. The van der Waals surface area contributed by atoms with Gasteiger partial charge in [0.2, 0.25) is 0 Å². The van der Waals surface area contributed by atoms with Gasteiger partial charge in [0.05, 0.1) is 24.2 Å². The van der Waals surface area contributed by atoms with E-state index in [0.29, 0.717) is 19.3 Å². The molecule has 1 heterocycles. The fourth-order valence-electron chi connectivity index (χ4n) is 6.66. The Morgan fingerprint density at radius 3 is 1.69 bits per heavy atom. The number of hydrogen-bond donors (Lipinski definition) is 1. The van der Waals surface area contributed by atoms with E-state index in [0.717, 1.165) is 11.1 Å². The van der Waals surface area contributed by atoms with Crippen molar-refractivity contribution < 1.29 is 19.4 Å². The second kappa shape index (κ2) is 8.92. The van der Waals surface area contributed by atoms with Gasteiger partial charge in [0.1, 0.15) is 11.6 Å². The highest BCUT2D eigenvalue weighted by molar-refractivity contribution is 5.87. The molecule has 0 spiro atoms. The van der Waals surface area contributed by atoms with Crippen molar-refractivity contribution in [3.63, 3.8) is 0 Å². The van der Waals surface area contributed by atoms with E-state index in [1.807, 2.05) is 12.1 Å². The molecule has 1 aliphatic heterocycles. The van der Waals surface area contributed by atoms with Gasteiger partial charge in [-0.2, -0.15) is 0 Å². The quantitative estimate of drug-likeness (QED) is 0.576. The highest BCUT2D eigenvalue weighted by Crippen LogP contribution is 2.52. The fraction of sp³-hybridized carbons (Fsp3) is 0.562. The zero-order valence-corrected chi connectivity index (χ0v) is 22.5. The molecule has 2 aromatic carbocycles. The number of hydrogen-bond acceptors (Lipinski definition) is 4. The van der Waals surface area contributed by atoms with Crippen molar-refractivity contribution in [1.82, 2.24) is 0 Å². The molecule has 2 aliphatic carbocycles. The Labute approximate surface area is 215 Å². The lowest BCUT2D eigenvalue weighted by Crippen LogP contribution is -2.47. The first-order chi connectivity index (χ1) is 16.8. The van der Waals surface area contributed by atoms with E-state index in [2.05, 4.69) is 77.9 Å². The summed E-state index contributed by atoms with van der Waals surface area (Å²) in [4.78, 5) is 26.3. The predicted octanol–water partition coefficient (Wildman–Crippen LogP) is 5.85. The molecule has 2 saturated carbocycles. The average Bonchev–Trinajstić information content (AvgIpc) is 3.20. The normalized spacial score (nSPS) is 32.8. The van der Waals surface area contributed by atoms with Crippen molar-refractivity contribution in [2.75, 3.05) is 0 Å². The summed E-state index contributed by atoms with van der Waals surface area (Å²) in [6.07, 6.45) is -0.459. The molecular weight excluding hydrogens is 448 g/mol. The van der Waals surface area contributed by atoms with Crippen molar-refractivity contribution in [2.24, 2.45) is 11.8 Å². The molecule has 5 rings (SSSR count). The summed E-state index contributed by atoms with van der Waals surface area (Å²) >= 11 is 0. The molecule has 4 heteroatoms. The van der Waals surface area contributed by atoms with Crippen LogP contribution in [0.1, 0.15) is 94.9 Å². The Kier molecular flexibility index (Phi) is 6.28. The number of aliphatic hydroxyl groups is 1. The first kappa shape index (κ1) is 25.4.